The maximum Gasteiger partial charge on any atom is 0.266 e. The molecule has 0 aliphatic carbocycles. The molecule has 2 N–H and O–H groups in total. The van der Waals surface area contributed by atoms with Crippen molar-refractivity contribution in [2.24, 2.45) is 0 Å². The standard InChI is InChI=1S/C22H22ClN3O2S/c1-15(28-18-9-7-17(23)8-10-18)21(27)25-22-24-19-11-12-26(14-20(19)29-22)13-16-5-3-2-4-6-16/h2-10,15H,11-14H2,1H3,(H,24,25,27)/p+1/t15-/m0/s1. The van der Waals surface area contributed by atoms with Gasteiger partial charge < -0.3 is 9.64 Å². The highest BCUT2D eigenvalue weighted by molar-refractivity contribution is 7.15. The highest BCUT2D eigenvalue weighted by Crippen LogP contribution is 2.25. The van der Waals surface area contributed by atoms with E-state index in [9.17, 15) is 4.79 Å². The molecular weight excluding hydrogens is 406 g/mol. The fourth-order valence-electron chi connectivity index (χ4n) is 3.39. The molecule has 2 aromatic carbocycles. The number of fused-ring (bicyclic) bond motifs is 1. The Bertz CT molecular complexity index is 975. The van der Waals surface area contributed by atoms with Crippen LogP contribution in [-0.2, 0) is 24.3 Å². The van der Waals surface area contributed by atoms with E-state index in [4.69, 9.17) is 16.3 Å². The zero-order valence-electron chi connectivity index (χ0n) is 16.2. The summed E-state index contributed by atoms with van der Waals surface area (Å²) in [6.07, 6.45) is 0.304. The van der Waals surface area contributed by atoms with Gasteiger partial charge in [-0.05, 0) is 31.2 Å². The molecule has 0 fully saturated rings. The van der Waals surface area contributed by atoms with E-state index in [1.807, 2.05) is 6.07 Å². The SMILES string of the molecule is C[C@H](Oc1ccc(Cl)cc1)C(=O)Nc1nc2c(s1)C[NH+](Cc1ccccc1)CC2. The summed E-state index contributed by atoms with van der Waals surface area (Å²) in [5.74, 6) is 0.398. The molecule has 29 heavy (non-hydrogen) atoms. The number of aromatic nitrogens is 1. The molecule has 1 aromatic heterocycles. The molecule has 4 rings (SSSR count). The smallest absolute Gasteiger partial charge is 0.266 e. The highest BCUT2D eigenvalue weighted by atomic mass is 35.5. The normalized spacial score (nSPS) is 16.7. The molecule has 150 valence electrons. The number of rotatable bonds is 6. The summed E-state index contributed by atoms with van der Waals surface area (Å²) in [6.45, 7) is 4.72. The number of thiazole rings is 1. The molecule has 0 radical (unpaired) electrons. The van der Waals surface area contributed by atoms with Crippen LogP contribution in [0.1, 0.15) is 23.1 Å². The monoisotopic (exact) mass is 428 g/mol. The van der Waals surface area contributed by atoms with Crippen molar-refractivity contribution in [2.75, 3.05) is 11.9 Å². The average molecular weight is 429 g/mol. The first-order valence-corrected chi connectivity index (χ1v) is 10.9. The number of carbonyl (C=O) groups excluding carboxylic acids is 1. The van der Waals surface area contributed by atoms with Crippen LogP contribution in [0.2, 0.25) is 5.02 Å². The van der Waals surface area contributed by atoms with Gasteiger partial charge in [0.15, 0.2) is 11.2 Å². The van der Waals surface area contributed by atoms with Crippen LogP contribution in [0.5, 0.6) is 5.75 Å². The van der Waals surface area contributed by atoms with Gasteiger partial charge in [-0.25, -0.2) is 4.98 Å². The Hall–Kier alpha value is -2.41. The lowest BCUT2D eigenvalue weighted by Crippen LogP contribution is -3.10. The maximum atomic E-state index is 12.5. The second-order valence-electron chi connectivity index (χ2n) is 7.18. The molecular formula is C22H23ClN3O2S+. The van der Waals surface area contributed by atoms with Crippen molar-refractivity contribution in [2.45, 2.75) is 32.5 Å². The third kappa shape index (κ3) is 5.15. The fourth-order valence-corrected chi connectivity index (χ4v) is 4.60. The second kappa shape index (κ2) is 8.95. The topological polar surface area (TPSA) is 55.7 Å². The van der Waals surface area contributed by atoms with E-state index in [1.54, 1.807) is 42.5 Å². The summed E-state index contributed by atoms with van der Waals surface area (Å²) in [4.78, 5) is 19.9. The van der Waals surface area contributed by atoms with Crippen LogP contribution in [0.25, 0.3) is 0 Å². The largest absolute Gasteiger partial charge is 0.481 e. The first-order chi connectivity index (χ1) is 14.1. The number of hydrogen-bond donors (Lipinski definition) is 2. The van der Waals surface area contributed by atoms with Crippen LogP contribution in [0.4, 0.5) is 5.13 Å². The van der Waals surface area contributed by atoms with Crippen molar-refractivity contribution >= 4 is 34.0 Å². The predicted octanol–water partition coefficient (Wildman–Crippen LogP) is 3.34. The van der Waals surface area contributed by atoms with Crippen LogP contribution >= 0.6 is 22.9 Å². The quantitative estimate of drug-likeness (QED) is 0.633. The van der Waals surface area contributed by atoms with Gasteiger partial charge in [0.2, 0.25) is 0 Å². The Morgan fingerprint density at radius 1 is 1.24 bits per heavy atom. The minimum atomic E-state index is -0.627. The van der Waals surface area contributed by atoms with E-state index in [2.05, 4.69) is 34.6 Å². The van der Waals surface area contributed by atoms with E-state index < -0.39 is 6.10 Å². The maximum absolute atomic E-state index is 12.5. The van der Waals surface area contributed by atoms with E-state index in [0.29, 0.717) is 15.9 Å². The van der Waals surface area contributed by atoms with Crippen LogP contribution < -0.4 is 15.0 Å². The number of nitrogens with one attached hydrogen (secondary N) is 2. The number of quaternary nitrogens is 1. The lowest BCUT2D eigenvalue weighted by Gasteiger charge is -2.22. The lowest BCUT2D eigenvalue weighted by molar-refractivity contribution is -0.929. The molecule has 1 unspecified atom stereocenters. The molecule has 0 bridgehead atoms. The summed E-state index contributed by atoms with van der Waals surface area (Å²) in [7, 11) is 0. The van der Waals surface area contributed by atoms with E-state index >= 15 is 0 Å². The number of carbonyl (C=O) groups is 1. The van der Waals surface area contributed by atoms with Crippen LogP contribution in [-0.4, -0.2) is 23.5 Å². The molecule has 0 spiro atoms. The third-order valence-electron chi connectivity index (χ3n) is 4.93. The Kier molecular flexibility index (Phi) is 6.13. The van der Waals surface area contributed by atoms with Crippen LogP contribution in [0.15, 0.2) is 54.6 Å². The number of anilines is 1. The van der Waals surface area contributed by atoms with Gasteiger partial charge in [0.25, 0.3) is 5.91 Å². The van der Waals surface area contributed by atoms with Crippen molar-refractivity contribution < 1.29 is 14.4 Å². The third-order valence-corrected chi connectivity index (χ3v) is 6.19. The first-order valence-electron chi connectivity index (χ1n) is 9.66. The number of halogens is 1. The van der Waals surface area contributed by atoms with Gasteiger partial charge in [-0.15, -0.1) is 0 Å². The minimum absolute atomic E-state index is 0.209. The van der Waals surface area contributed by atoms with Gasteiger partial charge in [-0.3, -0.25) is 10.1 Å². The summed E-state index contributed by atoms with van der Waals surface area (Å²) in [5, 5.41) is 4.18. The molecule has 2 atom stereocenters. The van der Waals surface area contributed by atoms with Crippen LogP contribution in [0, 0.1) is 0 Å². The minimum Gasteiger partial charge on any atom is -0.481 e. The number of ether oxygens (including phenoxy) is 1. The van der Waals surface area contributed by atoms with E-state index in [1.165, 1.54) is 15.3 Å². The Morgan fingerprint density at radius 3 is 2.76 bits per heavy atom. The average Bonchev–Trinajstić information content (AvgIpc) is 3.12. The molecule has 7 heteroatoms. The molecule has 0 saturated carbocycles. The predicted molar refractivity (Wildman–Crippen MR) is 116 cm³/mol. The van der Waals surface area contributed by atoms with Gasteiger partial charge >= 0.3 is 0 Å². The zero-order chi connectivity index (χ0) is 20.2. The summed E-state index contributed by atoms with van der Waals surface area (Å²) in [6, 6.07) is 17.5. The lowest BCUT2D eigenvalue weighted by atomic mass is 10.1. The van der Waals surface area contributed by atoms with Crippen LogP contribution in [0.3, 0.4) is 0 Å². The van der Waals surface area contributed by atoms with Crippen molar-refractivity contribution in [1.29, 1.82) is 0 Å². The van der Waals surface area contributed by atoms with E-state index in [-0.39, 0.29) is 5.91 Å². The molecule has 2 heterocycles. The fraction of sp³-hybridized carbons (Fsp3) is 0.273. The van der Waals surface area contributed by atoms with Crippen molar-refractivity contribution in [1.82, 2.24) is 4.98 Å². The number of benzene rings is 2. The summed E-state index contributed by atoms with van der Waals surface area (Å²) >= 11 is 7.45. The zero-order valence-corrected chi connectivity index (χ0v) is 17.7. The van der Waals surface area contributed by atoms with Gasteiger partial charge in [0, 0.05) is 17.0 Å². The van der Waals surface area contributed by atoms with Gasteiger partial charge in [-0.1, -0.05) is 53.3 Å². The van der Waals surface area contributed by atoms with E-state index in [0.717, 1.165) is 31.7 Å². The Labute approximate surface area is 179 Å². The molecule has 1 amide bonds. The molecule has 0 saturated heterocycles. The molecule has 3 aromatic rings. The molecule has 1 aliphatic rings. The Balaban J connectivity index is 1.35. The van der Waals surface area contributed by atoms with Crippen molar-refractivity contribution in [3.8, 4) is 5.75 Å². The molecule has 1 aliphatic heterocycles. The highest BCUT2D eigenvalue weighted by Gasteiger charge is 2.25. The molecule has 5 nitrogen and oxygen atoms in total. The van der Waals surface area contributed by atoms with Crippen molar-refractivity contribution in [3.63, 3.8) is 0 Å². The number of hydrogen-bond acceptors (Lipinski definition) is 4. The summed E-state index contributed by atoms with van der Waals surface area (Å²) in [5.41, 5.74) is 2.45. The van der Waals surface area contributed by atoms with Gasteiger partial charge in [-0.2, -0.15) is 0 Å². The number of amides is 1. The summed E-state index contributed by atoms with van der Waals surface area (Å²) < 4.78 is 5.69. The number of nitrogens with zero attached hydrogens (tertiary/aromatic N) is 1. The Morgan fingerprint density at radius 2 is 2.00 bits per heavy atom. The first kappa shape index (κ1) is 19.9. The van der Waals surface area contributed by atoms with Crippen molar-refractivity contribution in [3.05, 3.63) is 75.8 Å². The second-order valence-corrected chi connectivity index (χ2v) is 8.70. The van der Waals surface area contributed by atoms with Gasteiger partial charge in [0.05, 0.1) is 17.1 Å². The van der Waals surface area contributed by atoms with Gasteiger partial charge in [0.1, 0.15) is 18.8 Å².